The zero-order chi connectivity index (χ0) is 14.5. The van der Waals surface area contributed by atoms with Gasteiger partial charge in [-0.3, -0.25) is 9.69 Å². The van der Waals surface area contributed by atoms with Gasteiger partial charge < -0.3 is 10.1 Å². The summed E-state index contributed by atoms with van der Waals surface area (Å²) >= 11 is 0. The number of carbonyl (C=O) groups is 1. The van der Waals surface area contributed by atoms with Crippen molar-refractivity contribution in [1.29, 1.82) is 0 Å². The number of nitrogens with zero attached hydrogens (tertiary/aromatic N) is 1. The van der Waals surface area contributed by atoms with E-state index in [0.29, 0.717) is 0 Å². The van der Waals surface area contributed by atoms with Crippen LogP contribution in [-0.4, -0.2) is 49.7 Å². The molecule has 0 saturated carbocycles. The number of rotatable bonds is 4. The molecule has 1 saturated heterocycles. The normalized spacial score (nSPS) is 17.8. The minimum absolute atomic E-state index is 0.0266. The number of aryl methyl sites for hydroxylation is 1. The SMILES string of the molecule is Cc1ccc(C(=O)NC(C)CN2CCOCC2)c(F)c1. The van der Waals surface area contributed by atoms with Gasteiger partial charge in [0.2, 0.25) is 0 Å². The molecule has 1 amide bonds. The monoisotopic (exact) mass is 280 g/mol. The van der Waals surface area contributed by atoms with Crippen molar-refractivity contribution >= 4 is 5.91 Å². The number of hydrogen-bond donors (Lipinski definition) is 1. The maximum absolute atomic E-state index is 13.7. The lowest BCUT2D eigenvalue weighted by Crippen LogP contribution is -2.46. The molecule has 0 aliphatic carbocycles. The average molecular weight is 280 g/mol. The second-order valence-corrected chi connectivity index (χ2v) is 5.27. The third-order valence-electron chi connectivity index (χ3n) is 3.38. The fourth-order valence-electron chi connectivity index (χ4n) is 2.32. The molecule has 0 aromatic heterocycles. The summed E-state index contributed by atoms with van der Waals surface area (Å²) < 4.78 is 19.0. The van der Waals surface area contributed by atoms with E-state index in [2.05, 4.69) is 10.2 Å². The molecule has 0 bridgehead atoms. The third-order valence-corrected chi connectivity index (χ3v) is 3.38. The lowest BCUT2D eigenvalue weighted by molar-refractivity contribution is 0.0342. The summed E-state index contributed by atoms with van der Waals surface area (Å²) in [6, 6.07) is 4.62. The molecule has 1 aromatic carbocycles. The number of halogens is 1. The van der Waals surface area contributed by atoms with E-state index >= 15 is 0 Å². The predicted molar refractivity (Wildman–Crippen MR) is 75.3 cm³/mol. The highest BCUT2D eigenvalue weighted by atomic mass is 19.1. The van der Waals surface area contributed by atoms with Gasteiger partial charge in [-0.15, -0.1) is 0 Å². The minimum atomic E-state index is -0.471. The third kappa shape index (κ3) is 4.02. The Hall–Kier alpha value is -1.46. The summed E-state index contributed by atoms with van der Waals surface area (Å²) in [5.41, 5.74) is 0.907. The van der Waals surface area contributed by atoms with Crippen molar-refractivity contribution in [2.45, 2.75) is 19.9 Å². The van der Waals surface area contributed by atoms with Gasteiger partial charge in [0.15, 0.2) is 0 Å². The Labute approximate surface area is 118 Å². The zero-order valence-electron chi connectivity index (χ0n) is 12.0. The Bertz CT molecular complexity index is 473. The number of amides is 1. The Morgan fingerprint density at radius 3 is 2.80 bits per heavy atom. The van der Waals surface area contributed by atoms with Crippen molar-refractivity contribution < 1.29 is 13.9 Å². The van der Waals surface area contributed by atoms with E-state index in [-0.39, 0.29) is 17.5 Å². The summed E-state index contributed by atoms with van der Waals surface area (Å²) in [6.45, 7) is 7.69. The first-order valence-electron chi connectivity index (χ1n) is 6.93. The van der Waals surface area contributed by atoms with E-state index in [1.807, 2.05) is 6.92 Å². The van der Waals surface area contributed by atoms with Crippen molar-refractivity contribution in [2.75, 3.05) is 32.8 Å². The Morgan fingerprint density at radius 2 is 2.15 bits per heavy atom. The molecule has 0 spiro atoms. The second kappa shape index (κ2) is 6.81. The molecule has 4 nitrogen and oxygen atoms in total. The number of ether oxygens (including phenoxy) is 1. The highest BCUT2D eigenvalue weighted by Gasteiger charge is 2.17. The first kappa shape index (κ1) is 14.9. The molecule has 1 fully saturated rings. The van der Waals surface area contributed by atoms with E-state index < -0.39 is 5.82 Å². The molecule has 1 atom stereocenters. The van der Waals surface area contributed by atoms with E-state index in [4.69, 9.17) is 4.74 Å². The maximum atomic E-state index is 13.7. The molecule has 5 heteroatoms. The second-order valence-electron chi connectivity index (χ2n) is 5.27. The standard InChI is InChI=1S/C15H21FN2O2/c1-11-3-4-13(14(16)9-11)15(19)17-12(2)10-18-5-7-20-8-6-18/h3-4,9,12H,5-8,10H2,1-2H3,(H,17,19). The van der Waals surface area contributed by atoms with Crippen LogP contribution in [0.3, 0.4) is 0 Å². The van der Waals surface area contributed by atoms with Crippen LogP contribution in [0.1, 0.15) is 22.8 Å². The number of benzene rings is 1. The van der Waals surface area contributed by atoms with Crippen LogP contribution in [-0.2, 0) is 4.74 Å². The first-order valence-corrected chi connectivity index (χ1v) is 6.93. The van der Waals surface area contributed by atoms with E-state index in [9.17, 15) is 9.18 Å². The van der Waals surface area contributed by atoms with Gasteiger partial charge in [0.05, 0.1) is 18.8 Å². The molecule has 1 heterocycles. The Morgan fingerprint density at radius 1 is 1.45 bits per heavy atom. The van der Waals surface area contributed by atoms with Crippen LogP contribution in [0.5, 0.6) is 0 Å². The van der Waals surface area contributed by atoms with E-state index in [0.717, 1.165) is 38.4 Å². The lowest BCUT2D eigenvalue weighted by Gasteiger charge is -2.29. The smallest absolute Gasteiger partial charge is 0.254 e. The lowest BCUT2D eigenvalue weighted by atomic mass is 10.1. The van der Waals surface area contributed by atoms with Gasteiger partial charge in [-0.25, -0.2) is 4.39 Å². The number of carbonyl (C=O) groups excluding carboxylic acids is 1. The molecule has 2 rings (SSSR count). The van der Waals surface area contributed by atoms with Crippen LogP contribution in [0.25, 0.3) is 0 Å². The minimum Gasteiger partial charge on any atom is -0.379 e. The summed E-state index contributed by atoms with van der Waals surface area (Å²) in [5, 5.41) is 2.84. The highest BCUT2D eigenvalue weighted by Crippen LogP contribution is 2.10. The molecule has 1 aromatic rings. The fourth-order valence-corrected chi connectivity index (χ4v) is 2.32. The molecule has 1 N–H and O–H groups in total. The molecule has 1 aliphatic rings. The quantitative estimate of drug-likeness (QED) is 0.910. The molecule has 20 heavy (non-hydrogen) atoms. The van der Waals surface area contributed by atoms with Gasteiger partial charge in [0, 0.05) is 25.7 Å². The zero-order valence-corrected chi connectivity index (χ0v) is 12.0. The van der Waals surface area contributed by atoms with Gasteiger partial charge in [0.1, 0.15) is 5.82 Å². The molecule has 1 unspecified atom stereocenters. The van der Waals surface area contributed by atoms with Crippen molar-refractivity contribution in [3.63, 3.8) is 0 Å². The highest BCUT2D eigenvalue weighted by molar-refractivity contribution is 5.94. The maximum Gasteiger partial charge on any atom is 0.254 e. The van der Waals surface area contributed by atoms with Crippen LogP contribution in [0.15, 0.2) is 18.2 Å². The van der Waals surface area contributed by atoms with Crippen molar-refractivity contribution in [2.24, 2.45) is 0 Å². The Balaban J connectivity index is 1.89. The van der Waals surface area contributed by atoms with Crippen LogP contribution >= 0.6 is 0 Å². The number of morpholine rings is 1. The van der Waals surface area contributed by atoms with Gasteiger partial charge in [-0.1, -0.05) is 6.07 Å². The van der Waals surface area contributed by atoms with E-state index in [1.165, 1.54) is 12.1 Å². The molecule has 0 radical (unpaired) electrons. The summed E-state index contributed by atoms with van der Waals surface area (Å²) in [6.07, 6.45) is 0. The number of nitrogens with one attached hydrogen (secondary N) is 1. The van der Waals surface area contributed by atoms with Gasteiger partial charge in [0.25, 0.3) is 5.91 Å². The summed E-state index contributed by atoms with van der Waals surface area (Å²) in [7, 11) is 0. The predicted octanol–water partition coefficient (Wildman–Crippen LogP) is 1.58. The van der Waals surface area contributed by atoms with E-state index in [1.54, 1.807) is 13.0 Å². The van der Waals surface area contributed by atoms with Crippen LogP contribution in [0.2, 0.25) is 0 Å². The van der Waals surface area contributed by atoms with Crippen LogP contribution in [0.4, 0.5) is 4.39 Å². The topological polar surface area (TPSA) is 41.6 Å². The molecule has 110 valence electrons. The Kier molecular flexibility index (Phi) is 5.09. The fraction of sp³-hybridized carbons (Fsp3) is 0.533. The average Bonchev–Trinajstić information content (AvgIpc) is 2.39. The van der Waals surface area contributed by atoms with Crippen LogP contribution < -0.4 is 5.32 Å². The number of hydrogen-bond acceptors (Lipinski definition) is 3. The van der Waals surface area contributed by atoms with Gasteiger partial charge in [-0.2, -0.15) is 0 Å². The van der Waals surface area contributed by atoms with Crippen molar-refractivity contribution in [3.8, 4) is 0 Å². The molecular formula is C15H21FN2O2. The van der Waals surface area contributed by atoms with Gasteiger partial charge >= 0.3 is 0 Å². The molecular weight excluding hydrogens is 259 g/mol. The van der Waals surface area contributed by atoms with Crippen molar-refractivity contribution in [3.05, 3.63) is 35.1 Å². The largest absolute Gasteiger partial charge is 0.379 e. The van der Waals surface area contributed by atoms with Gasteiger partial charge in [-0.05, 0) is 31.5 Å². The summed E-state index contributed by atoms with van der Waals surface area (Å²) in [4.78, 5) is 14.3. The van der Waals surface area contributed by atoms with Crippen molar-refractivity contribution in [1.82, 2.24) is 10.2 Å². The molecule has 1 aliphatic heterocycles. The van der Waals surface area contributed by atoms with Crippen LogP contribution in [0, 0.1) is 12.7 Å². The summed E-state index contributed by atoms with van der Waals surface area (Å²) in [5.74, 6) is -0.829. The first-order chi connectivity index (χ1) is 9.56.